The Morgan fingerprint density at radius 3 is 2.43 bits per heavy atom. The van der Waals surface area contributed by atoms with Crippen molar-refractivity contribution < 1.29 is 9.53 Å². The van der Waals surface area contributed by atoms with Gasteiger partial charge in [-0.25, -0.2) is 0 Å². The van der Waals surface area contributed by atoms with E-state index in [0.29, 0.717) is 6.61 Å². The zero-order chi connectivity index (χ0) is 16.7. The largest absolute Gasteiger partial charge is 0.494 e. The van der Waals surface area contributed by atoms with Crippen LogP contribution in [0.15, 0.2) is 24.3 Å². The van der Waals surface area contributed by atoms with E-state index in [0.717, 1.165) is 57.0 Å². The Hall–Kier alpha value is -1.59. The summed E-state index contributed by atoms with van der Waals surface area (Å²) in [4.78, 5) is 19.1. The molecule has 1 aromatic carbocycles. The highest BCUT2D eigenvalue weighted by molar-refractivity contribution is 5.94. The molecule has 0 radical (unpaired) electrons. The van der Waals surface area contributed by atoms with Crippen LogP contribution in [0.5, 0.6) is 5.75 Å². The van der Waals surface area contributed by atoms with E-state index in [-0.39, 0.29) is 5.91 Å². The molecular weight excluding hydrogens is 290 g/mol. The molecule has 5 nitrogen and oxygen atoms in total. The molecule has 1 fully saturated rings. The highest BCUT2D eigenvalue weighted by atomic mass is 16.5. The number of amides is 1. The Bertz CT molecular complexity index is 482. The lowest BCUT2D eigenvalue weighted by molar-refractivity contribution is 0.0783. The van der Waals surface area contributed by atoms with Gasteiger partial charge in [-0.15, -0.1) is 0 Å². The minimum atomic E-state index is 0.0754. The molecule has 0 atom stereocenters. The minimum absolute atomic E-state index is 0.0754. The quantitative estimate of drug-likeness (QED) is 0.768. The molecule has 0 saturated carbocycles. The van der Waals surface area contributed by atoms with E-state index in [4.69, 9.17) is 4.74 Å². The van der Waals surface area contributed by atoms with E-state index >= 15 is 0 Å². The first-order valence-corrected chi connectivity index (χ1v) is 8.49. The van der Waals surface area contributed by atoms with Crippen LogP contribution >= 0.6 is 0 Å². The lowest BCUT2D eigenvalue weighted by Gasteiger charge is -2.32. The van der Waals surface area contributed by atoms with Gasteiger partial charge in [-0.1, -0.05) is 0 Å². The molecule has 0 bridgehead atoms. The van der Waals surface area contributed by atoms with Gasteiger partial charge in [-0.2, -0.15) is 0 Å². The van der Waals surface area contributed by atoms with Gasteiger partial charge in [0.1, 0.15) is 5.75 Å². The normalized spacial score (nSPS) is 16.3. The summed E-state index contributed by atoms with van der Waals surface area (Å²) in [5, 5.41) is 0. The number of hydrogen-bond acceptors (Lipinski definition) is 4. The molecule has 1 amide bonds. The zero-order valence-corrected chi connectivity index (χ0v) is 14.6. The summed E-state index contributed by atoms with van der Waals surface area (Å²) in [6.45, 7) is 8.99. The zero-order valence-electron chi connectivity index (χ0n) is 14.6. The molecule has 0 unspecified atom stereocenters. The lowest BCUT2D eigenvalue weighted by atomic mass is 10.2. The lowest BCUT2D eigenvalue weighted by Crippen LogP contribution is -2.45. The van der Waals surface area contributed by atoms with Gasteiger partial charge in [0, 0.05) is 45.3 Å². The topological polar surface area (TPSA) is 36.0 Å². The second-order valence-electron chi connectivity index (χ2n) is 6.18. The molecule has 1 heterocycles. The highest BCUT2D eigenvalue weighted by Gasteiger charge is 2.15. The third kappa shape index (κ3) is 5.52. The Kier molecular flexibility index (Phi) is 6.86. The predicted molar refractivity (Wildman–Crippen MR) is 93.1 cm³/mol. The number of benzene rings is 1. The number of piperazine rings is 1. The fraction of sp³-hybridized carbons (Fsp3) is 0.611. The maximum atomic E-state index is 12.4. The van der Waals surface area contributed by atoms with Gasteiger partial charge in [0.2, 0.25) is 0 Å². The third-order valence-electron chi connectivity index (χ3n) is 4.32. The monoisotopic (exact) mass is 319 g/mol. The van der Waals surface area contributed by atoms with Crippen LogP contribution in [0.3, 0.4) is 0 Å². The Labute approximate surface area is 139 Å². The fourth-order valence-corrected chi connectivity index (χ4v) is 2.79. The van der Waals surface area contributed by atoms with Crippen molar-refractivity contribution in [2.24, 2.45) is 0 Å². The summed E-state index contributed by atoms with van der Waals surface area (Å²) < 4.78 is 5.41. The molecule has 23 heavy (non-hydrogen) atoms. The number of carbonyl (C=O) groups excluding carboxylic acids is 1. The number of hydrogen-bond donors (Lipinski definition) is 0. The van der Waals surface area contributed by atoms with Crippen molar-refractivity contribution in [3.63, 3.8) is 0 Å². The number of ether oxygens (including phenoxy) is 1. The second-order valence-corrected chi connectivity index (χ2v) is 6.18. The van der Waals surface area contributed by atoms with Crippen molar-refractivity contribution in [1.82, 2.24) is 14.7 Å². The number of carbonyl (C=O) groups is 1. The van der Waals surface area contributed by atoms with Gasteiger partial charge in [0.25, 0.3) is 5.91 Å². The van der Waals surface area contributed by atoms with Crippen LogP contribution in [-0.2, 0) is 0 Å². The first-order chi connectivity index (χ1) is 11.1. The van der Waals surface area contributed by atoms with E-state index in [1.54, 1.807) is 0 Å². The van der Waals surface area contributed by atoms with Crippen LogP contribution in [0, 0.1) is 0 Å². The molecule has 0 spiro atoms. The molecule has 1 aromatic rings. The van der Waals surface area contributed by atoms with E-state index in [1.807, 2.05) is 43.1 Å². The molecule has 2 rings (SSSR count). The van der Waals surface area contributed by atoms with Crippen molar-refractivity contribution in [3.8, 4) is 5.75 Å². The molecule has 1 aliphatic heterocycles. The SMILES string of the molecule is CCOc1ccc(C(=O)N(C)CCCN2CCN(C)CC2)cc1. The average Bonchev–Trinajstić information content (AvgIpc) is 2.57. The minimum Gasteiger partial charge on any atom is -0.494 e. The maximum absolute atomic E-state index is 12.4. The van der Waals surface area contributed by atoms with Gasteiger partial charge < -0.3 is 19.4 Å². The van der Waals surface area contributed by atoms with Crippen molar-refractivity contribution in [3.05, 3.63) is 29.8 Å². The smallest absolute Gasteiger partial charge is 0.253 e. The summed E-state index contributed by atoms with van der Waals surface area (Å²) in [6, 6.07) is 7.39. The van der Waals surface area contributed by atoms with E-state index < -0.39 is 0 Å². The number of rotatable bonds is 7. The number of nitrogens with zero attached hydrogens (tertiary/aromatic N) is 3. The van der Waals surface area contributed by atoms with Crippen molar-refractivity contribution in [2.45, 2.75) is 13.3 Å². The van der Waals surface area contributed by atoms with Crippen LogP contribution in [-0.4, -0.2) is 80.6 Å². The molecule has 5 heteroatoms. The predicted octanol–water partition coefficient (Wildman–Crippen LogP) is 1.79. The Morgan fingerprint density at radius 2 is 1.83 bits per heavy atom. The summed E-state index contributed by atoms with van der Waals surface area (Å²) >= 11 is 0. The van der Waals surface area contributed by atoms with Crippen LogP contribution in [0.25, 0.3) is 0 Å². The summed E-state index contributed by atoms with van der Waals surface area (Å²) in [6.07, 6.45) is 1.02. The molecule has 1 saturated heterocycles. The first-order valence-electron chi connectivity index (χ1n) is 8.49. The molecule has 0 N–H and O–H groups in total. The maximum Gasteiger partial charge on any atom is 0.253 e. The van der Waals surface area contributed by atoms with Gasteiger partial charge in [-0.3, -0.25) is 4.79 Å². The van der Waals surface area contributed by atoms with Gasteiger partial charge in [-0.05, 0) is 51.2 Å². The summed E-state index contributed by atoms with van der Waals surface area (Å²) in [5.74, 6) is 0.883. The summed E-state index contributed by atoms with van der Waals surface area (Å²) in [7, 11) is 4.05. The standard InChI is InChI=1S/C18H29N3O2/c1-4-23-17-8-6-16(7-9-17)18(22)20(3)10-5-11-21-14-12-19(2)13-15-21/h6-9H,4-5,10-15H2,1-3H3. The van der Waals surface area contributed by atoms with Crippen molar-refractivity contribution >= 4 is 5.91 Å². The van der Waals surface area contributed by atoms with Crippen LogP contribution < -0.4 is 4.74 Å². The van der Waals surface area contributed by atoms with Gasteiger partial charge >= 0.3 is 0 Å². The molecular formula is C18H29N3O2. The van der Waals surface area contributed by atoms with E-state index in [9.17, 15) is 4.79 Å². The molecule has 128 valence electrons. The van der Waals surface area contributed by atoms with Gasteiger partial charge in [0.15, 0.2) is 0 Å². The second kappa shape index (κ2) is 8.89. The van der Waals surface area contributed by atoms with E-state index in [2.05, 4.69) is 16.8 Å². The molecule has 0 aliphatic carbocycles. The Balaban J connectivity index is 1.74. The summed E-state index contributed by atoms with van der Waals surface area (Å²) in [5.41, 5.74) is 0.718. The van der Waals surface area contributed by atoms with E-state index in [1.165, 1.54) is 0 Å². The van der Waals surface area contributed by atoms with Crippen LogP contribution in [0.1, 0.15) is 23.7 Å². The Morgan fingerprint density at radius 1 is 1.17 bits per heavy atom. The molecule has 1 aliphatic rings. The van der Waals surface area contributed by atoms with Gasteiger partial charge in [0.05, 0.1) is 6.61 Å². The molecule has 0 aromatic heterocycles. The fourth-order valence-electron chi connectivity index (χ4n) is 2.79. The average molecular weight is 319 g/mol. The highest BCUT2D eigenvalue weighted by Crippen LogP contribution is 2.13. The number of likely N-dealkylation sites (N-methyl/N-ethyl adjacent to an activating group) is 1. The van der Waals surface area contributed by atoms with Crippen LogP contribution in [0.4, 0.5) is 0 Å². The first kappa shape index (κ1) is 17.8. The van der Waals surface area contributed by atoms with Crippen molar-refractivity contribution in [1.29, 1.82) is 0 Å². The third-order valence-corrected chi connectivity index (χ3v) is 4.32. The van der Waals surface area contributed by atoms with Crippen LogP contribution in [0.2, 0.25) is 0 Å². The van der Waals surface area contributed by atoms with Crippen molar-refractivity contribution in [2.75, 3.05) is 60.0 Å².